The Kier molecular flexibility index (Phi) is 6.58. The van der Waals surface area contributed by atoms with E-state index in [1.54, 1.807) is 4.31 Å². The predicted octanol–water partition coefficient (Wildman–Crippen LogP) is 3.62. The minimum absolute atomic E-state index is 0.312. The summed E-state index contributed by atoms with van der Waals surface area (Å²) in [5.74, 6) is 2.03. The van der Waals surface area contributed by atoms with Gasteiger partial charge in [0.2, 0.25) is 10.0 Å². The van der Waals surface area contributed by atoms with Crippen LogP contribution in [0.25, 0.3) is 0 Å². The van der Waals surface area contributed by atoms with E-state index in [2.05, 4.69) is 24.3 Å². The van der Waals surface area contributed by atoms with Crippen molar-refractivity contribution < 1.29 is 8.42 Å². The number of thioether (sulfide) groups is 1. The summed E-state index contributed by atoms with van der Waals surface area (Å²) in [6.07, 6.45) is 3.69. The average Bonchev–Trinajstić information content (AvgIpc) is 2.52. The van der Waals surface area contributed by atoms with Gasteiger partial charge in [0.15, 0.2) is 0 Å². The van der Waals surface area contributed by atoms with E-state index < -0.39 is 10.0 Å². The molecule has 2 rings (SSSR count). The maximum atomic E-state index is 12.2. The quantitative estimate of drug-likeness (QED) is 0.718. The topological polar surface area (TPSA) is 37.4 Å². The molecule has 0 aliphatic carbocycles. The third kappa shape index (κ3) is 5.31. The Bertz CT molecular complexity index is 508. The highest BCUT2D eigenvalue weighted by Gasteiger charge is 2.27. The lowest BCUT2D eigenvalue weighted by molar-refractivity contribution is 0.291. The lowest BCUT2D eigenvalue weighted by atomic mass is 10.0. The average molecular weight is 328 g/mol. The van der Waals surface area contributed by atoms with Crippen molar-refractivity contribution in [3.8, 4) is 0 Å². The highest BCUT2D eigenvalue weighted by Crippen LogP contribution is 2.27. The molecule has 0 atom stereocenters. The molecule has 1 aliphatic rings. The summed E-state index contributed by atoms with van der Waals surface area (Å²) in [5, 5.41) is 0. The molecule has 0 aromatic heterocycles. The molecule has 0 N–H and O–H groups in total. The van der Waals surface area contributed by atoms with Gasteiger partial charge in [-0.3, -0.25) is 0 Å². The van der Waals surface area contributed by atoms with Crippen LogP contribution in [0.1, 0.15) is 32.6 Å². The minimum Gasteiger partial charge on any atom is -0.212 e. The van der Waals surface area contributed by atoms with E-state index in [4.69, 9.17) is 0 Å². The van der Waals surface area contributed by atoms with Crippen molar-refractivity contribution in [3.05, 3.63) is 30.3 Å². The van der Waals surface area contributed by atoms with Crippen molar-refractivity contribution in [1.29, 1.82) is 0 Å². The van der Waals surface area contributed by atoms with Gasteiger partial charge in [-0.1, -0.05) is 31.5 Å². The molecule has 5 heteroatoms. The molecule has 1 aromatic carbocycles. The normalized spacial score (nSPS) is 18.0. The molecular weight excluding hydrogens is 302 g/mol. The summed E-state index contributed by atoms with van der Waals surface area (Å²) in [6.45, 7) is 3.43. The summed E-state index contributed by atoms with van der Waals surface area (Å²) in [6, 6.07) is 10.4. The van der Waals surface area contributed by atoms with Gasteiger partial charge >= 0.3 is 0 Å². The Morgan fingerprint density at radius 3 is 2.48 bits per heavy atom. The second-order valence-corrected chi connectivity index (χ2v) is 8.82. The Morgan fingerprint density at radius 2 is 1.86 bits per heavy atom. The maximum absolute atomic E-state index is 12.2. The molecule has 1 saturated heterocycles. The zero-order valence-corrected chi connectivity index (χ0v) is 14.3. The van der Waals surface area contributed by atoms with Crippen LogP contribution in [0.4, 0.5) is 0 Å². The third-order valence-electron chi connectivity index (χ3n) is 3.95. The molecule has 118 valence electrons. The molecular formula is C16H25NO2S2. The first kappa shape index (κ1) is 16.8. The fourth-order valence-corrected chi connectivity index (χ4v) is 5.33. The van der Waals surface area contributed by atoms with E-state index in [1.807, 2.05) is 24.8 Å². The molecule has 1 fully saturated rings. The van der Waals surface area contributed by atoms with Gasteiger partial charge in [-0.2, -0.15) is 0 Å². The Hall–Kier alpha value is -0.520. The first-order chi connectivity index (χ1) is 10.1. The largest absolute Gasteiger partial charge is 0.214 e. The number of unbranched alkanes of at least 4 members (excludes halogenated alkanes) is 1. The summed E-state index contributed by atoms with van der Waals surface area (Å²) >= 11 is 1.88. The highest BCUT2D eigenvalue weighted by molar-refractivity contribution is 7.99. The smallest absolute Gasteiger partial charge is 0.212 e. The van der Waals surface area contributed by atoms with Gasteiger partial charge in [0.05, 0.1) is 5.75 Å². The van der Waals surface area contributed by atoms with E-state index in [1.165, 1.54) is 4.90 Å². The number of sulfonamides is 1. The summed E-state index contributed by atoms with van der Waals surface area (Å²) < 4.78 is 26.0. The molecule has 3 nitrogen and oxygen atoms in total. The van der Waals surface area contributed by atoms with Crippen molar-refractivity contribution in [2.75, 3.05) is 24.6 Å². The summed E-state index contributed by atoms with van der Waals surface area (Å²) in [7, 11) is -3.01. The Balaban J connectivity index is 1.75. The van der Waals surface area contributed by atoms with Gasteiger partial charge in [0.25, 0.3) is 0 Å². The van der Waals surface area contributed by atoms with Crippen molar-refractivity contribution in [2.45, 2.75) is 37.5 Å². The van der Waals surface area contributed by atoms with Crippen LogP contribution in [0, 0.1) is 5.92 Å². The van der Waals surface area contributed by atoms with E-state index in [0.29, 0.717) is 24.8 Å². The first-order valence-corrected chi connectivity index (χ1v) is 10.4. The molecule has 0 radical (unpaired) electrons. The van der Waals surface area contributed by atoms with E-state index in [-0.39, 0.29) is 0 Å². The van der Waals surface area contributed by atoms with Crippen LogP contribution in [-0.2, 0) is 10.0 Å². The molecule has 1 aromatic rings. The second kappa shape index (κ2) is 8.20. The van der Waals surface area contributed by atoms with Crippen LogP contribution in [0.15, 0.2) is 35.2 Å². The van der Waals surface area contributed by atoms with Crippen molar-refractivity contribution in [1.82, 2.24) is 4.31 Å². The Morgan fingerprint density at radius 1 is 1.19 bits per heavy atom. The standard InChI is InChI=1S/C16H25NO2S2/c1-2-3-13-21(18,19)17-11-9-15(10-12-17)14-20-16-7-5-4-6-8-16/h4-8,15H,2-3,9-14H2,1H3. The zero-order valence-electron chi connectivity index (χ0n) is 12.7. The minimum atomic E-state index is -3.01. The van der Waals surface area contributed by atoms with Gasteiger partial charge in [-0.15, -0.1) is 11.8 Å². The summed E-state index contributed by atoms with van der Waals surface area (Å²) in [5.41, 5.74) is 0. The molecule has 1 heterocycles. The number of hydrogen-bond acceptors (Lipinski definition) is 3. The number of piperidine rings is 1. The lowest BCUT2D eigenvalue weighted by Crippen LogP contribution is -2.40. The van der Waals surface area contributed by atoms with E-state index in [0.717, 1.165) is 31.4 Å². The van der Waals surface area contributed by atoms with Crippen LogP contribution in [0.2, 0.25) is 0 Å². The van der Waals surface area contributed by atoms with Gasteiger partial charge in [0.1, 0.15) is 0 Å². The first-order valence-electron chi connectivity index (χ1n) is 7.77. The van der Waals surface area contributed by atoms with Crippen molar-refractivity contribution in [3.63, 3.8) is 0 Å². The molecule has 0 amide bonds. The third-order valence-corrected chi connectivity index (χ3v) is 7.15. The van der Waals surface area contributed by atoms with Crippen LogP contribution >= 0.6 is 11.8 Å². The van der Waals surface area contributed by atoms with E-state index in [9.17, 15) is 8.42 Å². The molecule has 0 saturated carbocycles. The van der Waals surface area contributed by atoms with Crippen LogP contribution in [-0.4, -0.2) is 37.3 Å². The fraction of sp³-hybridized carbons (Fsp3) is 0.625. The van der Waals surface area contributed by atoms with Crippen LogP contribution < -0.4 is 0 Å². The molecule has 0 spiro atoms. The second-order valence-electron chi connectivity index (χ2n) is 5.64. The van der Waals surface area contributed by atoms with Crippen molar-refractivity contribution >= 4 is 21.8 Å². The summed E-state index contributed by atoms with van der Waals surface area (Å²) in [4.78, 5) is 1.30. The van der Waals surface area contributed by atoms with Gasteiger partial charge in [0, 0.05) is 23.7 Å². The monoisotopic (exact) mass is 327 g/mol. The van der Waals surface area contributed by atoms with Crippen molar-refractivity contribution in [2.24, 2.45) is 5.92 Å². The number of nitrogens with zero attached hydrogens (tertiary/aromatic N) is 1. The molecule has 1 aliphatic heterocycles. The molecule has 0 unspecified atom stereocenters. The zero-order chi connectivity index (χ0) is 15.1. The van der Waals surface area contributed by atoms with Gasteiger partial charge < -0.3 is 0 Å². The predicted molar refractivity (Wildman–Crippen MR) is 90.2 cm³/mol. The lowest BCUT2D eigenvalue weighted by Gasteiger charge is -2.31. The van der Waals surface area contributed by atoms with Gasteiger partial charge in [-0.25, -0.2) is 12.7 Å². The number of rotatable bonds is 7. The molecule has 21 heavy (non-hydrogen) atoms. The maximum Gasteiger partial charge on any atom is 0.214 e. The fourth-order valence-electron chi connectivity index (χ4n) is 2.54. The van der Waals surface area contributed by atoms with Gasteiger partial charge in [-0.05, 0) is 37.3 Å². The SMILES string of the molecule is CCCCS(=O)(=O)N1CCC(CSc2ccccc2)CC1. The van der Waals surface area contributed by atoms with Crippen LogP contribution in [0.3, 0.4) is 0 Å². The molecule has 0 bridgehead atoms. The Labute approximate surface area is 133 Å². The number of hydrogen-bond donors (Lipinski definition) is 0. The van der Waals surface area contributed by atoms with Crippen LogP contribution in [0.5, 0.6) is 0 Å². The number of benzene rings is 1. The van der Waals surface area contributed by atoms with E-state index >= 15 is 0 Å². The highest BCUT2D eigenvalue weighted by atomic mass is 32.2.